The summed E-state index contributed by atoms with van der Waals surface area (Å²) in [6.45, 7) is 2.19. The molecule has 5 heteroatoms. The van der Waals surface area contributed by atoms with Gasteiger partial charge in [-0.05, 0) is 30.5 Å². The maximum atomic E-state index is 11.4. The van der Waals surface area contributed by atoms with E-state index in [0.717, 1.165) is 25.2 Å². The molecule has 5 nitrogen and oxygen atoms in total. The van der Waals surface area contributed by atoms with Crippen LogP contribution in [0.4, 0.5) is 0 Å². The number of carbonyl (C=O) groups is 1. The van der Waals surface area contributed by atoms with Gasteiger partial charge in [0, 0.05) is 13.5 Å². The SMILES string of the molecule is COCCOC(=O)CCCc1ccc(OCC2CO2)cc1. The lowest BCUT2D eigenvalue weighted by molar-refractivity contribution is -0.145. The number of ether oxygens (including phenoxy) is 4. The fourth-order valence-electron chi connectivity index (χ4n) is 1.85. The summed E-state index contributed by atoms with van der Waals surface area (Å²) in [7, 11) is 1.58. The molecule has 0 spiro atoms. The van der Waals surface area contributed by atoms with E-state index in [9.17, 15) is 4.79 Å². The minimum atomic E-state index is -0.170. The molecule has 0 aromatic heterocycles. The Hall–Kier alpha value is -1.59. The van der Waals surface area contributed by atoms with Crippen molar-refractivity contribution < 1.29 is 23.7 Å². The highest BCUT2D eigenvalue weighted by molar-refractivity contribution is 5.69. The van der Waals surface area contributed by atoms with Crippen LogP contribution in [0.3, 0.4) is 0 Å². The smallest absolute Gasteiger partial charge is 0.305 e. The van der Waals surface area contributed by atoms with Crippen molar-refractivity contribution >= 4 is 5.97 Å². The van der Waals surface area contributed by atoms with Crippen molar-refractivity contribution in [2.75, 3.05) is 33.5 Å². The summed E-state index contributed by atoms with van der Waals surface area (Å²) in [5, 5.41) is 0. The van der Waals surface area contributed by atoms with Gasteiger partial charge in [0.05, 0.1) is 13.2 Å². The van der Waals surface area contributed by atoms with Gasteiger partial charge in [-0.25, -0.2) is 0 Å². The van der Waals surface area contributed by atoms with E-state index in [1.165, 1.54) is 5.56 Å². The predicted octanol–water partition coefficient (Wildman–Crippen LogP) is 1.98. The van der Waals surface area contributed by atoms with Gasteiger partial charge in [-0.3, -0.25) is 4.79 Å². The number of esters is 1. The molecule has 1 saturated heterocycles. The Morgan fingerprint density at radius 2 is 2.05 bits per heavy atom. The van der Waals surface area contributed by atoms with Crippen LogP contribution in [0.5, 0.6) is 5.75 Å². The Morgan fingerprint density at radius 1 is 1.29 bits per heavy atom. The topological polar surface area (TPSA) is 57.3 Å². The largest absolute Gasteiger partial charge is 0.491 e. The molecule has 1 atom stereocenters. The van der Waals surface area contributed by atoms with Crippen molar-refractivity contribution in [1.29, 1.82) is 0 Å². The Labute approximate surface area is 125 Å². The van der Waals surface area contributed by atoms with Crippen LogP contribution in [0.25, 0.3) is 0 Å². The van der Waals surface area contributed by atoms with Crippen LogP contribution >= 0.6 is 0 Å². The van der Waals surface area contributed by atoms with Gasteiger partial charge in [0.2, 0.25) is 0 Å². The quantitative estimate of drug-likeness (QED) is 0.375. The van der Waals surface area contributed by atoms with E-state index in [4.69, 9.17) is 18.9 Å². The molecule has 1 fully saturated rings. The van der Waals surface area contributed by atoms with E-state index in [2.05, 4.69) is 0 Å². The number of carbonyl (C=O) groups excluding carboxylic acids is 1. The van der Waals surface area contributed by atoms with Crippen LogP contribution in [-0.4, -0.2) is 45.6 Å². The monoisotopic (exact) mass is 294 g/mol. The fraction of sp³-hybridized carbons (Fsp3) is 0.562. The number of methoxy groups -OCH3 is 1. The summed E-state index contributed by atoms with van der Waals surface area (Å²) in [4.78, 5) is 11.4. The minimum Gasteiger partial charge on any atom is -0.491 e. The van der Waals surface area contributed by atoms with Crippen LogP contribution in [0.15, 0.2) is 24.3 Å². The first kappa shape index (κ1) is 15.8. The molecular weight excluding hydrogens is 272 g/mol. The summed E-state index contributed by atoms with van der Waals surface area (Å²) in [5.74, 6) is 0.685. The lowest BCUT2D eigenvalue weighted by Crippen LogP contribution is -2.09. The van der Waals surface area contributed by atoms with Gasteiger partial charge < -0.3 is 18.9 Å². The molecule has 0 N–H and O–H groups in total. The average molecular weight is 294 g/mol. The zero-order valence-corrected chi connectivity index (χ0v) is 12.4. The maximum absolute atomic E-state index is 11.4. The number of rotatable bonds is 10. The molecular formula is C16H22O5. The Morgan fingerprint density at radius 3 is 2.71 bits per heavy atom. The first-order valence-electron chi connectivity index (χ1n) is 7.26. The van der Waals surface area contributed by atoms with Crippen LogP contribution in [0, 0.1) is 0 Å². The van der Waals surface area contributed by atoms with Crippen LogP contribution < -0.4 is 4.74 Å². The van der Waals surface area contributed by atoms with E-state index in [1.54, 1.807) is 7.11 Å². The molecule has 0 bridgehead atoms. The van der Waals surface area contributed by atoms with Crippen LogP contribution in [-0.2, 0) is 25.4 Å². The number of aryl methyl sites for hydroxylation is 1. The Balaban J connectivity index is 1.60. The van der Waals surface area contributed by atoms with E-state index >= 15 is 0 Å². The standard InChI is InChI=1S/C16H22O5/c1-18-9-10-19-16(17)4-2-3-13-5-7-14(8-6-13)20-11-15-12-21-15/h5-8,15H,2-4,9-12H2,1H3. The molecule has 0 aliphatic carbocycles. The third-order valence-corrected chi connectivity index (χ3v) is 3.16. The number of hydrogen-bond acceptors (Lipinski definition) is 5. The number of benzene rings is 1. The summed E-state index contributed by atoms with van der Waals surface area (Å²) in [6.07, 6.45) is 2.34. The second-order valence-electron chi connectivity index (χ2n) is 4.98. The summed E-state index contributed by atoms with van der Waals surface area (Å²) < 4.78 is 20.5. The minimum absolute atomic E-state index is 0.170. The Bertz CT molecular complexity index is 425. The summed E-state index contributed by atoms with van der Waals surface area (Å²) in [5.41, 5.74) is 1.19. The lowest BCUT2D eigenvalue weighted by atomic mass is 10.1. The van der Waals surface area contributed by atoms with E-state index in [-0.39, 0.29) is 12.1 Å². The normalized spacial score (nSPS) is 16.5. The average Bonchev–Trinajstić information content (AvgIpc) is 3.31. The number of hydrogen-bond donors (Lipinski definition) is 0. The van der Waals surface area contributed by atoms with Crippen molar-refractivity contribution in [3.05, 3.63) is 29.8 Å². The van der Waals surface area contributed by atoms with Crippen LogP contribution in [0.1, 0.15) is 18.4 Å². The van der Waals surface area contributed by atoms with E-state index in [0.29, 0.717) is 26.2 Å². The Kier molecular flexibility index (Phi) is 6.50. The summed E-state index contributed by atoms with van der Waals surface area (Å²) in [6, 6.07) is 7.96. The molecule has 0 saturated carbocycles. The molecule has 0 amide bonds. The van der Waals surface area contributed by atoms with Crippen LogP contribution in [0.2, 0.25) is 0 Å². The maximum Gasteiger partial charge on any atom is 0.305 e. The van der Waals surface area contributed by atoms with Gasteiger partial charge >= 0.3 is 5.97 Å². The van der Waals surface area contributed by atoms with Crippen molar-refractivity contribution in [1.82, 2.24) is 0 Å². The van der Waals surface area contributed by atoms with Crippen molar-refractivity contribution in [2.24, 2.45) is 0 Å². The molecule has 1 aromatic rings. The van der Waals surface area contributed by atoms with Crippen molar-refractivity contribution in [3.8, 4) is 5.75 Å². The van der Waals surface area contributed by atoms with E-state index < -0.39 is 0 Å². The molecule has 1 heterocycles. The fourth-order valence-corrected chi connectivity index (χ4v) is 1.85. The van der Waals surface area contributed by atoms with Gasteiger partial charge in [-0.1, -0.05) is 12.1 Å². The molecule has 116 valence electrons. The highest BCUT2D eigenvalue weighted by Gasteiger charge is 2.22. The van der Waals surface area contributed by atoms with Gasteiger partial charge in [0.1, 0.15) is 25.1 Å². The highest BCUT2D eigenvalue weighted by atomic mass is 16.6. The number of epoxide rings is 1. The first-order valence-corrected chi connectivity index (χ1v) is 7.26. The summed E-state index contributed by atoms with van der Waals surface area (Å²) >= 11 is 0. The molecule has 0 radical (unpaired) electrons. The molecule has 1 aliphatic heterocycles. The molecule has 2 rings (SSSR count). The first-order chi connectivity index (χ1) is 10.3. The second kappa shape index (κ2) is 8.64. The van der Waals surface area contributed by atoms with Gasteiger partial charge in [-0.15, -0.1) is 0 Å². The molecule has 1 unspecified atom stereocenters. The van der Waals surface area contributed by atoms with Gasteiger partial charge in [-0.2, -0.15) is 0 Å². The third-order valence-electron chi connectivity index (χ3n) is 3.16. The zero-order chi connectivity index (χ0) is 14.9. The van der Waals surface area contributed by atoms with Crippen molar-refractivity contribution in [2.45, 2.75) is 25.4 Å². The van der Waals surface area contributed by atoms with Gasteiger partial charge in [0.15, 0.2) is 0 Å². The molecule has 1 aliphatic rings. The molecule has 21 heavy (non-hydrogen) atoms. The van der Waals surface area contributed by atoms with Gasteiger partial charge in [0.25, 0.3) is 0 Å². The third kappa shape index (κ3) is 6.60. The second-order valence-corrected chi connectivity index (χ2v) is 4.98. The van der Waals surface area contributed by atoms with Crippen molar-refractivity contribution in [3.63, 3.8) is 0 Å². The van der Waals surface area contributed by atoms with E-state index in [1.807, 2.05) is 24.3 Å². The predicted molar refractivity (Wildman–Crippen MR) is 77.5 cm³/mol. The lowest BCUT2D eigenvalue weighted by Gasteiger charge is -2.06. The zero-order valence-electron chi connectivity index (χ0n) is 12.4. The molecule has 1 aromatic carbocycles. The highest BCUT2D eigenvalue weighted by Crippen LogP contribution is 2.16.